The highest BCUT2D eigenvalue weighted by Crippen LogP contribution is 2.52. The van der Waals surface area contributed by atoms with Gasteiger partial charge in [0.05, 0.1) is 20.3 Å². The van der Waals surface area contributed by atoms with Gasteiger partial charge in [-0.05, 0) is 75.0 Å². The Bertz CT molecular complexity index is 1340. The van der Waals surface area contributed by atoms with E-state index in [2.05, 4.69) is 10.6 Å². The maximum Gasteiger partial charge on any atom is 0.236 e. The molecule has 3 aromatic carbocycles. The Kier molecular flexibility index (Phi) is 6.00. The molecule has 2 heterocycles. The van der Waals surface area contributed by atoms with Gasteiger partial charge in [-0.1, -0.05) is 29.8 Å². The SMILES string of the molecule is COc1ccc(N2C(=S)N[C@@H]3c4cccc(OC)c4O[C@@]2(C)[C@@H]3C(=O)Nc2ccc(C)cc2C)cc1. The first-order valence-electron chi connectivity index (χ1n) is 11.8. The topological polar surface area (TPSA) is 72.1 Å². The summed E-state index contributed by atoms with van der Waals surface area (Å²) in [5.41, 5.74) is 3.34. The molecule has 5 rings (SSSR count). The Morgan fingerprint density at radius 2 is 1.83 bits per heavy atom. The predicted octanol–water partition coefficient (Wildman–Crippen LogP) is 5.12. The van der Waals surface area contributed by atoms with Crippen LogP contribution in [-0.2, 0) is 4.79 Å². The first-order chi connectivity index (χ1) is 17.3. The smallest absolute Gasteiger partial charge is 0.236 e. The molecule has 2 N–H and O–H groups in total. The number of para-hydroxylation sites is 1. The van der Waals surface area contributed by atoms with Crippen LogP contribution in [-0.4, -0.2) is 31.0 Å². The average molecular weight is 504 g/mol. The highest BCUT2D eigenvalue weighted by Gasteiger charge is 2.59. The number of rotatable bonds is 5. The number of hydrogen-bond acceptors (Lipinski definition) is 5. The molecule has 186 valence electrons. The normalized spacial score (nSPS) is 22.1. The molecule has 0 saturated carbocycles. The second-order valence-corrected chi connectivity index (χ2v) is 9.67. The molecule has 1 fully saturated rings. The van der Waals surface area contributed by atoms with E-state index in [9.17, 15) is 4.79 Å². The minimum absolute atomic E-state index is 0.170. The van der Waals surface area contributed by atoms with E-state index in [1.54, 1.807) is 14.2 Å². The van der Waals surface area contributed by atoms with Gasteiger partial charge in [0.1, 0.15) is 11.7 Å². The molecule has 2 bridgehead atoms. The molecule has 1 amide bonds. The number of benzene rings is 3. The molecular formula is C28H29N3O4S. The summed E-state index contributed by atoms with van der Waals surface area (Å²) in [6, 6.07) is 18.8. The zero-order chi connectivity index (χ0) is 25.6. The zero-order valence-electron chi connectivity index (χ0n) is 20.9. The van der Waals surface area contributed by atoms with Crippen molar-refractivity contribution in [2.24, 2.45) is 5.92 Å². The summed E-state index contributed by atoms with van der Waals surface area (Å²) < 4.78 is 17.7. The van der Waals surface area contributed by atoms with Crippen LogP contribution in [0.1, 0.15) is 29.7 Å². The quantitative estimate of drug-likeness (QED) is 0.468. The van der Waals surface area contributed by atoms with Crippen LogP contribution in [0.15, 0.2) is 60.7 Å². The average Bonchev–Trinajstić information content (AvgIpc) is 2.85. The van der Waals surface area contributed by atoms with E-state index in [0.717, 1.165) is 33.8 Å². The highest BCUT2D eigenvalue weighted by atomic mass is 32.1. The Morgan fingerprint density at radius 3 is 2.50 bits per heavy atom. The van der Waals surface area contributed by atoms with Crippen molar-refractivity contribution in [3.05, 3.63) is 77.4 Å². The Labute approximate surface area is 216 Å². The van der Waals surface area contributed by atoms with Crippen LogP contribution >= 0.6 is 12.2 Å². The van der Waals surface area contributed by atoms with Gasteiger partial charge in [-0.15, -0.1) is 0 Å². The molecule has 36 heavy (non-hydrogen) atoms. The molecule has 1 saturated heterocycles. The van der Waals surface area contributed by atoms with Gasteiger partial charge in [-0.25, -0.2) is 0 Å². The molecule has 2 aliphatic heterocycles. The summed E-state index contributed by atoms with van der Waals surface area (Å²) in [5.74, 6) is 1.10. The van der Waals surface area contributed by atoms with Gasteiger partial charge in [0, 0.05) is 16.9 Å². The Balaban J connectivity index is 1.63. The number of anilines is 2. The van der Waals surface area contributed by atoms with Crippen molar-refractivity contribution in [2.45, 2.75) is 32.5 Å². The minimum atomic E-state index is -1.15. The van der Waals surface area contributed by atoms with Crippen LogP contribution in [0.4, 0.5) is 11.4 Å². The summed E-state index contributed by atoms with van der Waals surface area (Å²) in [6.07, 6.45) is 0. The van der Waals surface area contributed by atoms with Gasteiger partial charge in [0.15, 0.2) is 22.3 Å². The lowest BCUT2D eigenvalue weighted by Gasteiger charge is -2.56. The summed E-state index contributed by atoms with van der Waals surface area (Å²) >= 11 is 5.83. The zero-order valence-corrected chi connectivity index (χ0v) is 21.7. The minimum Gasteiger partial charge on any atom is -0.497 e. The summed E-state index contributed by atoms with van der Waals surface area (Å²) in [7, 11) is 3.23. The number of thiocarbonyl (C=S) groups is 1. The van der Waals surface area contributed by atoms with Crippen LogP contribution in [0.3, 0.4) is 0 Å². The van der Waals surface area contributed by atoms with Crippen molar-refractivity contribution < 1.29 is 19.0 Å². The van der Waals surface area contributed by atoms with E-state index in [1.165, 1.54) is 0 Å². The first-order valence-corrected chi connectivity index (χ1v) is 12.2. The van der Waals surface area contributed by atoms with E-state index in [0.29, 0.717) is 16.6 Å². The Morgan fingerprint density at radius 1 is 1.08 bits per heavy atom. The fourth-order valence-electron chi connectivity index (χ4n) is 5.22. The van der Waals surface area contributed by atoms with Crippen LogP contribution in [0, 0.1) is 19.8 Å². The van der Waals surface area contributed by atoms with E-state index in [1.807, 2.05) is 86.3 Å². The molecular weight excluding hydrogens is 474 g/mol. The van der Waals surface area contributed by atoms with E-state index >= 15 is 0 Å². The van der Waals surface area contributed by atoms with Crippen molar-refractivity contribution in [1.29, 1.82) is 0 Å². The number of amides is 1. The van der Waals surface area contributed by atoms with Gasteiger partial charge in [0.25, 0.3) is 0 Å². The van der Waals surface area contributed by atoms with Gasteiger partial charge in [-0.2, -0.15) is 0 Å². The largest absolute Gasteiger partial charge is 0.497 e. The third kappa shape index (κ3) is 3.82. The molecule has 7 nitrogen and oxygen atoms in total. The summed E-state index contributed by atoms with van der Waals surface area (Å²) in [6.45, 7) is 5.92. The third-order valence-electron chi connectivity index (χ3n) is 6.96. The number of nitrogens with one attached hydrogen (secondary N) is 2. The number of carbonyl (C=O) groups is 1. The lowest BCUT2D eigenvalue weighted by molar-refractivity contribution is -0.130. The van der Waals surface area contributed by atoms with Gasteiger partial charge >= 0.3 is 0 Å². The van der Waals surface area contributed by atoms with Crippen LogP contribution in [0.2, 0.25) is 0 Å². The van der Waals surface area contributed by atoms with E-state index < -0.39 is 17.7 Å². The van der Waals surface area contributed by atoms with Crippen molar-refractivity contribution in [3.63, 3.8) is 0 Å². The molecule has 2 aliphatic rings. The van der Waals surface area contributed by atoms with Crippen LogP contribution in [0.5, 0.6) is 17.2 Å². The number of ether oxygens (including phenoxy) is 3. The lowest BCUT2D eigenvalue weighted by Crippen LogP contribution is -2.72. The van der Waals surface area contributed by atoms with Crippen LogP contribution in [0.25, 0.3) is 0 Å². The third-order valence-corrected chi connectivity index (χ3v) is 7.26. The fourth-order valence-corrected chi connectivity index (χ4v) is 5.63. The Hall–Kier alpha value is -3.78. The molecule has 3 atom stereocenters. The fraction of sp³-hybridized carbons (Fsp3) is 0.286. The van der Waals surface area contributed by atoms with Crippen molar-refractivity contribution in [2.75, 3.05) is 24.4 Å². The predicted molar refractivity (Wildman–Crippen MR) is 144 cm³/mol. The monoisotopic (exact) mass is 503 g/mol. The maximum atomic E-state index is 14.0. The number of methoxy groups -OCH3 is 2. The van der Waals surface area contributed by atoms with Crippen LogP contribution < -0.4 is 29.7 Å². The molecule has 0 spiro atoms. The lowest BCUT2D eigenvalue weighted by atomic mass is 9.78. The first kappa shape index (κ1) is 23.9. The van der Waals surface area contributed by atoms with E-state index in [4.69, 9.17) is 26.4 Å². The maximum absolute atomic E-state index is 14.0. The number of hydrogen-bond donors (Lipinski definition) is 2. The molecule has 0 aliphatic carbocycles. The van der Waals surface area contributed by atoms with Crippen molar-refractivity contribution in [3.8, 4) is 17.2 Å². The number of carbonyl (C=O) groups excluding carboxylic acids is 1. The number of fused-ring (bicyclic) bond motifs is 4. The molecule has 0 unspecified atom stereocenters. The second-order valence-electron chi connectivity index (χ2n) is 9.28. The molecule has 0 aromatic heterocycles. The van der Waals surface area contributed by atoms with E-state index in [-0.39, 0.29) is 5.91 Å². The highest BCUT2D eigenvalue weighted by molar-refractivity contribution is 7.80. The summed E-state index contributed by atoms with van der Waals surface area (Å²) in [5, 5.41) is 7.04. The van der Waals surface area contributed by atoms with Gasteiger partial charge < -0.3 is 24.8 Å². The second kappa shape index (κ2) is 9.02. The van der Waals surface area contributed by atoms with Crippen molar-refractivity contribution in [1.82, 2.24) is 5.32 Å². The van der Waals surface area contributed by atoms with Gasteiger partial charge in [-0.3, -0.25) is 9.69 Å². The molecule has 8 heteroatoms. The van der Waals surface area contributed by atoms with Crippen molar-refractivity contribution >= 4 is 34.6 Å². The molecule has 0 radical (unpaired) electrons. The summed E-state index contributed by atoms with van der Waals surface area (Å²) in [4.78, 5) is 15.9. The van der Waals surface area contributed by atoms with Gasteiger partial charge in [0.2, 0.25) is 5.91 Å². The molecule has 3 aromatic rings. The standard InChI is InChI=1S/C28H29N3O4S/c1-16-9-14-21(17(2)15-16)29-26(32)23-24-20-7-6-8-22(34-5)25(20)35-28(23,3)31(27(36)30-24)18-10-12-19(33-4)13-11-18/h6-15,23-24H,1-5H3,(H,29,32)(H,30,36)/t23-,24+,28-/m0/s1. The number of nitrogens with zero attached hydrogens (tertiary/aromatic N) is 1. The number of aryl methyl sites for hydroxylation is 2.